The van der Waals surface area contributed by atoms with Crippen molar-refractivity contribution in [1.29, 1.82) is 0 Å². The molecule has 2 heterocycles. The topological polar surface area (TPSA) is 85.5 Å². The van der Waals surface area contributed by atoms with Crippen LogP contribution in [0.3, 0.4) is 0 Å². The van der Waals surface area contributed by atoms with Gasteiger partial charge in [-0.15, -0.1) is 0 Å². The molecule has 136 valence electrons. The number of carbonyl (C=O) groups is 1. The van der Waals surface area contributed by atoms with Crippen LogP contribution in [0.5, 0.6) is 5.75 Å². The first kappa shape index (κ1) is 17.8. The van der Waals surface area contributed by atoms with Gasteiger partial charge < -0.3 is 19.2 Å². The van der Waals surface area contributed by atoms with Gasteiger partial charge in [-0.2, -0.15) is 0 Å². The van der Waals surface area contributed by atoms with Gasteiger partial charge in [-0.1, -0.05) is 0 Å². The van der Waals surface area contributed by atoms with E-state index in [-0.39, 0.29) is 0 Å². The number of nitrogens with one attached hydrogen (secondary N) is 2. The molecule has 26 heavy (non-hydrogen) atoms. The van der Waals surface area contributed by atoms with Crippen molar-refractivity contribution in [2.75, 3.05) is 32.2 Å². The number of aromatic nitrogens is 2. The van der Waals surface area contributed by atoms with Crippen molar-refractivity contribution in [3.63, 3.8) is 0 Å². The fraction of sp³-hybridized carbons (Fsp3) is 0.263. The number of hydrogen-bond donors (Lipinski definition) is 2. The number of rotatable bonds is 7. The molecule has 0 saturated heterocycles. The number of nitrogens with zero attached hydrogens (tertiary/aromatic N) is 1. The Morgan fingerprint density at radius 2 is 2.00 bits per heavy atom. The van der Waals surface area contributed by atoms with Crippen LogP contribution >= 0.6 is 0 Å². The van der Waals surface area contributed by atoms with Crippen molar-refractivity contribution < 1.29 is 19.0 Å². The summed E-state index contributed by atoms with van der Waals surface area (Å²) < 4.78 is 15.4. The summed E-state index contributed by atoms with van der Waals surface area (Å²) in [6, 6.07) is 11.6. The lowest BCUT2D eigenvalue weighted by atomic mass is 10.1. The van der Waals surface area contributed by atoms with E-state index in [1.807, 2.05) is 36.4 Å². The van der Waals surface area contributed by atoms with Gasteiger partial charge in [-0.25, -0.2) is 9.78 Å². The van der Waals surface area contributed by atoms with Crippen LogP contribution in [0.2, 0.25) is 0 Å². The number of ether oxygens (including phenoxy) is 3. The second-order valence-corrected chi connectivity index (χ2v) is 5.56. The van der Waals surface area contributed by atoms with Crippen molar-refractivity contribution in [3.05, 3.63) is 42.6 Å². The molecule has 0 aliphatic rings. The van der Waals surface area contributed by atoms with Gasteiger partial charge in [-0.05, 0) is 48.9 Å². The molecule has 7 nitrogen and oxygen atoms in total. The summed E-state index contributed by atoms with van der Waals surface area (Å²) in [6.07, 6.45) is 1.10. The second-order valence-electron chi connectivity index (χ2n) is 5.56. The normalized spacial score (nSPS) is 10.7. The Hall–Kier alpha value is -3.06. The molecule has 1 aromatic carbocycles. The van der Waals surface area contributed by atoms with Crippen LogP contribution in [0, 0.1) is 0 Å². The number of pyridine rings is 1. The molecule has 0 spiro atoms. The Labute approximate surface area is 151 Å². The first-order valence-corrected chi connectivity index (χ1v) is 8.34. The standard InChI is InChI=1S/C19H21N3O4/c1-3-25-19(23)21-15-10-14-11-17(22-18(14)20-12-15)13-4-6-16(7-5-13)26-9-8-24-2/h4-7,10-12H,3,8-9H2,1-2H3,(H,20,22)(H,21,23). The van der Waals surface area contributed by atoms with Crippen LogP contribution in [0.15, 0.2) is 42.6 Å². The van der Waals surface area contributed by atoms with E-state index in [9.17, 15) is 4.79 Å². The predicted octanol–water partition coefficient (Wildman–Crippen LogP) is 3.82. The molecule has 0 unspecified atom stereocenters. The Morgan fingerprint density at radius 3 is 2.73 bits per heavy atom. The molecule has 0 saturated carbocycles. The summed E-state index contributed by atoms with van der Waals surface area (Å²) in [5.41, 5.74) is 3.28. The first-order chi connectivity index (χ1) is 12.7. The zero-order valence-electron chi connectivity index (χ0n) is 14.7. The van der Waals surface area contributed by atoms with Crippen LogP contribution < -0.4 is 10.1 Å². The summed E-state index contributed by atoms with van der Waals surface area (Å²) >= 11 is 0. The average Bonchev–Trinajstić information content (AvgIpc) is 3.06. The van der Waals surface area contributed by atoms with Crippen LogP contribution in [0.1, 0.15) is 6.92 Å². The highest BCUT2D eigenvalue weighted by atomic mass is 16.5. The Bertz CT molecular complexity index is 874. The molecular weight excluding hydrogens is 334 g/mol. The van der Waals surface area contributed by atoms with E-state index in [0.717, 1.165) is 28.0 Å². The highest BCUT2D eigenvalue weighted by Crippen LogP contribution is 2.26. The van der Waals surface area contributed by atoms with Crippen LogP contribution in [-0.4, -0.2) is 43.0 Å². The van der Waals surface area contributed by atoms with Crippen molar-refractivity contribution in [2.24, 2.45) is 0 Å². The highest BCUT2D eigenvalue weighted by Gasteiger charge is 2.08. The number of methoxy groups -OCH3 is 1. The van der Waals surface area contributed by atoms with Gasteiger partial charge in [0.15, 0.2) is 0 Å². The maximum absolute atomic E-state index is 11.5. The van der Waals surface area contributed by atoms with E-state index in [1.54, 1.807) is 20.2 Å². The Morgan fingerprint density at radius 1 is 1.19 bits per heavy atom. The molecule has 0 bridgehead atoms. The maximum atomic E-state index is 11.5. The van der Waals surface area contributed by atoms with Crippen molar-refractivity contribution >= 4 is 22.8 Å². The molecule has 7 heteroatoms. The lowest BCUT2D eigenvalue weighted by molar-refractivity contribution is 0.146. The minimum absolute atomic E-state index is 0.320. The van der Waals surface area contributed by atoms with Gasteiger partial charge in [0.25, 0.3) is 0 Å². The third-order valence-electron chi connectivity index (χ3n) is 3.71. The zero-order chi connectivity index (χ0) is 18.4. The van der Waals surface area contributed by atoms with Gasteiger partial charge in [0.1, 0.15) is 18.0 Å². The number of benzene rings is 1. The van der Waals surface area contributed by atoms with Crippen LogP contribution in [0.25, 0.3) is 22.3 Å². The number of anilines is 1. The minimum Gasteiger partial charge on any atom is -0.491 e. The molecule has 0 atom stereocenters. The molecule has 0 radical (unpaired) electrons. The number of H-pyrrole nitrogens is 1. The average molecular weight is 355 g/mol. The van der Waals surface area contributed by atoms with Gasteiger partial charge >= 0.3 is 6.09 Å². The fourth-order valence-electron chi connectivity index (χ4n) is 2.50. The smallest absolute Gasteiger partial charge is 0.411 e. The summed E-state index contributed by atoms with van der Waals surface area (Å²) in [7, 11) is 1.64. The molecule has 0 fully saturated rings. The van der Waals surface area contributed by atoms with Gasteiger partial charge in [0.05, 0.1) is 25.1 Å². The lowest BCUT2D eigenvalue weighted by Crippen LogP contribution is -2.13. The molecule has 3 aromatic rings. The Kier molecular flexibility index (Phi) is 5.70. The Balaban J connectivity index is 1.75. The van der Waals surface area contributed by atoms with E-state index < -0.39 is 6.09 Å². The maximum Gasteiger partial charge on any atom is 0.411 e. The fourth-order valence-corrected chi connectivity index (χ4v) is 2.50. The van der Waals surface area contributed by atoms with E-state index in [4.69, 9.17) is 14.2 Å². The molecule has 0 aliphatic carbocycles. The molecule has 1 amide bonds. The molecule has 3 rings (SSSR count). The summed E-state index contributed by atoms with van der Waals surface area (Å²) in [6.45, 7) is 3.15. The second kappa shape index (κ2) is 8.35. The van der Waals surface area contributed by atoms with Crippen LogP contribution in [-0.2, 0) is 9.47 Å². The van der Waals surface area contributed by atoms with E-state index in [1.165, 1.54) is 0 Å². The summed E-state index contributed by atoms with van der Waals surface area (Å²) in [4.78, 5) is 19.1. The summed E-state index contributed by atoms with van der Waals surface area (Å²) in [5.74, 6) is 0.793. The predicted molar refractivity (Wildman–Crippen MR) is 99.5 cm³/mol. The molecule has 0 aliphatic heterocycles. The van der Waals surface area contributed by atoms with Gasteiger partial charge in [0, 0.05) is 18.2 Å². The monoisotopic (exact) mass is 355 g/mol. The highest BCUT2D eigenvalue weighted by molar-refractivity contribution is 5.90. The van der Waals surface area contributed by atoms with E-state index in [0.29, 0.717) is 25.5 Å². The third-order valence-corrected chi connectivity index (χ3v) is 3.71. The van der Waals surface area contributed by atoms with Crippen molar-refractivity contribution in [3.8, 4) is 17.0 Å². The molecular formula is C19H21N3O4. The van der Waals surface area contributed by atoms with Crippen LogP contribution in [0.4, 0.5) is 10.5 Å². The summed E-state index contributed by atoms with van der Waals surface area (Å²) in [5, 5.41) is 3.55. The van der Waals surface area contributed by atoms with Gasteiger partial charge in [-0.3, -0.25) is 5.32 Å². The number of aromatic amines is 1. The number of amides is 1. The zero-order valence-corrected chi connectivity index (χ0v) is 14.7. The van der Waals surface area contributed by atoms with E-state index in [2.05, 4.69) is 15.3 Å². The SMILES string of the molecule is CCOC(=O)Nc1cnc2[nH]c(-c3ccc(OCCOC)cc3)cc2c1. The molecule has 2 aromatic heterocycles. The van der Waals surface area contributed by atoms with E-state index >= 15 is 0 Å². The minimum atomic E-state index is -0.492. The third kappa shape index (κ3) is 4.31. The van der Waals surface area contributed by atoms with Crippen molar-refractivity contribution in [2.45, 2.75) is 6.92 Å². The number of hydrogen-bond acceptors (Lipinski definition) is 5. The number of carbonyl (C=O) groups excluding carboxylic acids is 1. The quantitative estimate of drug-likeness (QED) is 0.629. The molecule has 2 N–H and O–H groups in total. The lowest BCUT2D eigenvalue weighted by Gasteiger charge is -2.05. The number of fused-ring (bicyclic) bond motifs is 1. The largest absolute Gasteiger partial charge is 0.491 e. The van der Waals surface area contributed by atoms with Crippen molar-refractivity contribution in [1.82, 2.24) is 9.97 Å². The first-order valence-electron chi connectivity index (χ1n) is 8.34. The van der Waals surface area contributed by atoms with Gasteiger partial charge in [0.2, 0.25) is 0 Å².